The van der Waals surface area contributed by atoms with Crippen molar-refractivity contribution in [2.45, 2.75) is 26.2 Å². The van der Waals surface area contributed by atoms with Gasteiger partial charge in [-0.3, -0.25) is 4.79 Å². The zero-order valence-electron chi connectivity index (χ0n) is 13.6. The highest BCUT2D eigenvalue weighted by Crippen LogP contribution is 2.18. The fraction of sp³-hybridized carbons (Fsp3) is 0.438. The van der Waals surface area contributed by atoms with E-state index >= 15 is 0 Å². The highest BCUT2D eigenvalue weighted by atomic mass is 19.1. The molecule has 1 heterocycles. The van der Waals surface area contributed by atoms with Crippen LogP contribution in [0.3, 0.4) is 0 Å². The predicted octanol–water partition coefficient (Wildman–Crippen LogP) is 1.87. The molecule has 0 spiro atoms. The number of nitrogens with one attached hydrogen (secondary N) is 2. The van der Waals surface area contributed by atoms with Crippen LogP contribution in [0.4, 0.5) is 4.39 Å². The largest absolute Gasteiger partial charge is 0.349 e. The summed E-state index contributed by atoms with van der Waals surface area (Å²) in [5.41, 5.74) is 0.551. The molecule has 0 unspecified atom stereocenters. The molecule has 124 valence electrons. The Kier molecular flexibility index (Phi) is 5.81. The van der Waals surface area contributed by atoms with E-state index in [0.29, 0.717) is 18.1 Å². The minimum atomic E-state index is -0.356. The molecule has 1 aromatic carbocycles. The smallest absolute Gasteiger partial charge is 0.290 e. The molecular weight excluding hydrogens is 297 g/mol. The van der Waals surface area contributed by atoms with Crippen LogP contribution in [0.2, 0.25) is 0 Å². The van der Waals surface area contributed by atoms with E-state index in [0.717, 1.165) is 13.0 Å². The molecule has 2 N–H and O–H groups in total. The van der Waals surface area contributed by atoms with Crippen LogP contribution in [0, 0.1) is 5.82 Å². The van der Waals surface area contributed by atoms with Crippen LogP contribution >= 0.6 is 0 Å². The standard InChI is InChI=1S/C16H22FN5O/c1-11(2)15-20-14(16(23)19-9-5-8-18-3)21-22(15)13-7-4-6-12(17)10-13/h4,6-7,10-11,18H,5,8-9H2,1-3H3,(H,19,23). The number of aromatic nitrogens is 3. The van der Waals surface area contributed by atoms with Gasteiger partial charge in [0.15, 0.2) is 0 Å². The highest BCUT2D eigenvalue weighted by molar-refractivity contribution is 5.90. The molecule has 0 aliphatic heterocycles. The number of amides is 1. The van der Waals surface area contributed by atoms with Gasteiger partial charge in [0.1, 0.15) is 11.6 Å². The molecule has 0 bridgehead atoms. The van der Waals surface area contributed by atoms with Gasteiger partial charge in [-0.25, -0.2) is 14.1 Å². The lowest BCUT2D eigenvalue weighted by Gasteiger charge is -2.07. The van der Waals surface area contributed by atoms with Crippen LogP contribution in [-0.2, 0) is 0 Å². The first kappa shape index (κ1) is 17.1. The lowest BCUT2D eigenvalue weighted by Crippen LogP contribution is -2.27. The minimum absolute atomic E-state index is 0.0524. The molecule has 0 radical (unpaired) electrons. The number of carbonyl (C=O) groups excluding carboxylic acids is 1. The molecule has 0 saturated heterocycles. The average molecular weight is 319 g/mol. The molecule has 1 amide bonds. The summed E-state index contributed by atoms with van der Waals surface area (Å²) in [6.07, 6.45) is 0.823. The maximum Gasteiger partial charge on any atom is 0.290 e. The number of nitrogens with zero attached hydrogens (tertiary/aromatic N) is 3. The van der Waals surface area contributed by atoms with E-state index in [1.165, 1.54) is 16.8 Å². The van der Waals surface area contributed by atoms with Gasteiger partial charge in [0.2, 0.25) is 5.82 Å². The molecule has 0 saturated carbocycles. The molecule has 0 fully saturated rings. The summed E-state index contributed by atoms with van der Waals surface area (Å²) < 4.78 is 15.0. The zero-order chi connectivity index (χ0) is 16.8. The first-order chi connectivity index (χ1) is 11.0. The molecule has 1 aromatic heterocycles. The summed E-state index contributed by atoms with van der Waals surface area (Å²) in [6.45, 7) is 5.27. The lowest BCUT2D eigenvalue weighted by atomic mass is 10.2. The van der Waals surface area contributed by atoms with Gasteiger partial charge in [0.25, 0.3) is 5.91 Å². The first-order valence-electron chi connectivity index (χ1n) is 7.68. The van der Waals surface area contributed by atoms with E-state index in [1.54, 1.807) is 12.1 Å². The summed E-state index contributed by atoms with van der Waals surface area (Å²) >= 11 is 0. The highest BCUT2D eigenvalue weighted by Gasteiger charge is 2.19. The normalized spacial score (nSPS) is 11.0. The van der Waals surface area contributed by atoms with Gasteiger partial charge in [-0.15, -0.1) is 5.10 Å². The van der Waals surface area contributed by atoms with Crippen LogP contribution in [-0.4, -0.2) is 40.8 Å². The van der Waals surface area contributed by atoms with Crippen molar-refractivity contribution >= 4 is 5.91 Å². The molecule has 2 aromatic rings. The number of carbonyl (C=O) groups is 1. The second kappa shape index (κ2) is 7.82. The van der Waals surface area contributed by atoms with Gasteiger partial charge in [0.05, 0.1) is 5.69 Å². The fourth-order valence-corrected chi connectivity index (χ4v) is 2.14. The van der Waals surface area contributed by atoms with E-state index < -0.39 is 0 Å². The van der Waals surface area contributed by atoms with Crippen LogP contribution in [0.1, 0.15) is 42.6 Å². The Balaban J connectivity index is 2.23. The van der Waals surface area contributed by atoms with Gasteiger partial charge in [0, 0.05) is 12.5 Å². The van der Waals surface area contributed by atoms with Crippen molar-refractivity contribution in [1.82, 2.24) is 25.4 Å². The van der Waals surface area contributed by atoms with Gasteiger partial charge < -0.3 is 10.6 Å². The van der Waals surface area contributed by atoms with E-state index in [9.17, 15) is 9.18 Å². The molecule has 23 heavy (non-hydrogen) atoms. The third kappa shape index (κ3) is 4.35. The van der Waals surface area contributed by atoms with E-state index in [2.05, 4.69) is 20.7 Å². The Hall–Kier alpha value is -2.28. The lowest BCUT2D eigenvalue weighted by molar-refractivity contribution is 0.0943. The number of hydrogen-bond donors (Lipinski definition) is 2. The van der Waals surface area contributed by atoms with Gasteiger partial charge >= 0.3 is 0 Å². The van der Waals surface area contributed by atoms with Gasteiger partial charge in [-0.05, 0) is 38.2 Å². The van der Waals surface area contributed by atoms with Crippen LogP contribution in [0.15, 0.2) is 24.3 Å². The molecule has 6 nitrogen and oxygen atoms in total. The van der Waals surface area contributed by atoms with Crippen molar-refractivity contribution in [1.29, 1.82) is 0 Å². The van der Waals surface area contributed by atoms with Crippen molar-refractivity contribution in [2.24, 2.45) is 0 Å². The zero-order valence-corrected chi connectivity index (χ0v) is 13.6. The van der Waals surface area contributed by atoms with Crippen molar-refractivity contribution in [3.05, 3.63) is 41.7 Å². The molecule has 0 atom stereocenters. The topological polar surface area (TPSA) is 71.8 Å². The number of benzene rings is 1. The molecule has 0 aliphatic carbocycles. The van der Waals surface area contributed by atoms with Crippen molar-refractivity contribution < 1.29 is 9.18 Å². The summed E-state index contributed by atoms with van der Waals surface area (Å²) in [5, 5.41) is 10.1. The van der Waals surface area contributed by atoms with Gasteiger partial charge in [-0.2, -0.15) is 0 Å². The van der Waals surface area contributed by atoms with Crippen molar-refractivity contribution in [3.63, 3.8) is 0 Å². The van der Waals surface area contributed by atoms with E-state index in [-0.39, 0.29) is 23.5 Å². The Labute approximate surface area is 135 Å². The molecular formula is C16H22FN5O. The summed E-state index contributed by atoms with van der Waals surface area (Å²) in [6, 6.07) is 6.08. The second-order valence-corrected chi connectivity index (χ2v) is 5.55. The van der Waals surface area contributed by atoms with E-state index in [1.807, 2.05) is 20.9 Å². The van der Waals surface area contributed by atoms with Crippen LogP contribution in [0.25, 0.3) is 5.69 Å². The fourth-order valence-electron chi connectivity index (χ4n) is 2.14. The summed E-state index contributed by atoms with van der Waals surface area (Å²) in [7, 11) is 1.86. The minimum Gasteiger partial charge on any atom is -0.349 e. The predicted molar refractivity (Wildman–Crippen MR) is 86.3 cm³/mol. The van der Waals surface area contributed by atoms with E-state index in [4.69, 9.17) is 0 Å². The van der Waals surface area contributed by atoms with Crippen LogP contribution < -0.4 is 10.6 Å². The maximum absolute atomic E-state index is 13.4. The Morgan fingerprint density at radius 2 is 2.13 bits per heavy atom. The SMILES string of the molecule is CNCCCNC(=O)c1nc(C(C)C)n(-c2cccc(F)c2)n1. The molecule has 0 aliphatic rings. The number of rotatable bonds is 7. The second-order valence-electron chi connectivity index (χ2n) is 5.55. The number of hydrogen-bond acceptors (Lipinski definition) is 4. The third-order valence-corrected chi connectivity index (χ3v) is 3.29. The molecule has 7 heteroatoms. The molecule has 2 rings (SSSR count). The monoisotopic (exact) mass is 319 g/mol. The van der Waals surface area contributed by atoms with Crippen molar-refractivity contribution in [3.8, 4) is 5.69 Å². The first-order valence-corrected chi connectivity index (χ1v) is 7.68. The maximum atomic E-state index is 13.4. The van der Waals surface area contributed by atoms with Crippen LogP contribution in [0.5, 0.6) is 0 Å². The third-order valence-electron chi connectivity index (χ3n) is 3.29. The average Bonchev–Trinajstić information content (AvgIpc) is 2.97. The van der Waals surface area contributed by atoms with Crippen molar-refractivity contribution in [2.75, 3.05) is 20.1 Å². The number of halogens is 1. The summed E-state index contributed by atoms with van der Waals surface area (Å²) in [5.74, 6) is 0.0962. The Bertz CT molecular complexity index is 668. The Morgan fingerprint density at radius 1 is 1.35 bits per heavy atom. The van der Waals surface area contributed by atoms with Gasteiger partial charge in [-0.1, -0.05) is 19.9 Å². The summed E-state index contributed by atoms with van der Waals surface area (Å²) in [4.78, 5) is 16.5. The quantitative estimate of drug-likeness (QED) is 0.764. The Morgan fingerprint density at radius 3 is 2.78 bits per heavy atom.